The van der Waals surface area contributed by atoms with E-state index in [2.05, 4.69) is 4.99 Å². The van der Waals surface area contributed by atoms with Gasteiger partial charge in [-0.25, -0.2) is 9.79 Å². The number of hydrogen-bond acceptors (Lipinski definition) is 3. The molecule has 0 fully saturated rings. The van der Waals surface area contributed by atoms with Crippen LogP contribution in [0.1, 0.15) is 19.8 Å². The lowest BCUT2D eigenvalue weighted by Gasteiger charge is -1.98. The number of ether oxygens (including phenoxy) is 1. The molecule has 1 N–H and O–H groups in total. The summed E-state index contributed by atoms with van der Waals surface area (Å²) in [5.41, 5.74) is 0. The van der Waals surface area contributed by atoms with Crippen LogP contribution >= 0.6 is 0 Å². The number of aliphatic imine (C=N–C) groups is 1. The van der Waals surface area contributed by atoms with Crippen molar-refractivity contribution < 1.29 is 14.6 Å². The molecule has 62 valence electrons. The zero-order valence-electron chi connectivity index (χ0n) is 6.41. The Labute approximate surface area is 64.9 Å². The van der Waals surface area contributed by atoms with Crippen LogP contribution in [0.3, 0.4) is 0 Å². The normalized spacial score (nSPS) is 23.0. The molecule has 4 nitrogen and oxygen atoms in total. The summed E-state index contributed by atoms with van der Waals surface area (Å²) in [4.78, 5) is 14.3. The average Bonchev–Trinajstić information content (AvgIpc) is 2.37. The van der Waals surface area contributed by atoms with Gasteiger partial charge in [0.15, 0.2) is 11.9 Å². The summed E-state index contributed by atoms with van der Waals surface area (Å²) in [6, 6.07) is -0.573. The second-order valence-corrected chi connectivity index (χ2v) is 2.35. The highest BCUT2D eigenvalue weighted by Crippen LogP contribution is 2.13. The first-order valence-electron chi connectivity index (χ1n) is 3.66. The molecule has 0 radical (unpaired) electrons. The molecule has 0 spiro atoms. The summed E-state index contributed by atoms with van der Waals surface area (Å²) >= 11 is 0. The van der Waals surface area contributed by atoms with Gasteiger partial charge in [-0.3, -0.25) is 0 Å². The smallest absolute Gasteiger partial charge is 0.328 e. The molecule has 0 amide bonds. The predicted molar refractivity (Wildman–Crippen MR) is 39.7 cm³/mol. The number of aliphatic carboxylic acids is 1. The number of rotatable bonds is 2. The van der Waals surface area contributed by atoms with Gasteiger partial charge in [0.05, 0.1) is 6.61 Å². The summed E-state index contributed by atoms with van der Waals surface area (Å²) < 4.78 is 5.07. The number of carboxylic acid groups (broad SMARTS) is 1. The third-order valence-electron chi connectivity index (χ3n) is 1.53. The van der Waals surface area contributed by atoms with Gasteiger partial charge in [-0.1, -0.05) is 0 Å². The molecule has 4 heteroatoms. The highest BCUT2D eigenvalue weighted by Gasteiger charge is 2.23. The molecule has 1 atom stereocenters. The minimum absolute atomic E-state index is 0.561. The maximum Gasteiger partial charge on any atom is 0.328 e. The molecular formula is C7H11NO3. The first-order valence-corrected chi connectivity index (χ1v) is 3.66. The molecule has 11 heavy (non-hydrogen) atoms. The Hall–Kier alpha value is -1.06. The summed E-state index contributed by atoms with van der Waals surface area (Å²) in [5.74, 6) is -0.278. The van der Waals surface area contributed by atoms with Crippen LogP contribution in [-0.4, -0.2) is 29.6 Å². The van der Waals surface area contributed by atoms with Crippen molar-refractivity contribution in [2.45, 2.75) is 25.8 Å². The number of hydrogen-bond donors (Lipinski definition) is 1. The Bertz CT molecular complexity index is 188. The monoisotopic (exact) mass is 157 g/mol. The Morgan fingerprint density at radius 3 is 3.09 bits per heavy atom. The molecule has 1 aliphatic heterocycles. The SMILES string of the molecule is CCOC1=NC(C(=O)O)CC1. The van der Waals surface area contributed by atoms with Crippen molar-refractivity contribution in [2.24, 2.45) is 4.99 Å². The molecule has 1 aliphatic rings. The van der Waals surface area contributed by atoms with E-state index in [0.717, 1.165) is 0 Å². The number of nitrogens with zero attached hydrogens (tertiary/aromatic N) is 1. The van der Waals surface area contributed by atoms with Crippen LogP contribution in [0, 0.1) is 0 Å². The van der Waals surface area contributed by atoms with E-state index in [9.17, 15) is 4.79 Å². The summed E-state index contributed by atoms with van der Waals surface area (Å²) in [6.45, 7) is 2.42. The Morgan fingerprint density at radius 1 is 1.91 bits per heavy atom. The van der Waals surface area contributed by atoms with Crippen LogP contribution in [0.15, 0.2) is 4.99 Å². The van der Waals surface area contributed by atoms with E-state index in [4.69, 9.17) is 9.84 Å². The fourth-order valence-corrected chi connectivity index (χ4v) is 1.02. The third-order valence-corrected chi connectivity index (χ3v) is 1.53. The second kappa shape index (κ2) is 3.37. The minimum Gasteiger partial charge on any atom is -0.481 e. The maximum absolute atomic E-state index is 10.4. The topological polar surface area (TPSA) is 58.9 Å². The largest absolute Gasteiger partial charge is 0.481 e. The third kappa shape index (κ3) is 1.93. The molecule has 0 saturated carbocycles. The quantitative estimate of drug-likeness (QED) is 0.640. The molecule has 1 rings (SSSR count). The van der Waals surface area contributed by atoms with E-state index in [-0.39, 0.29) is 0 Å². The zero-order chi connectivity index (χ0) is 8.27. The molecule has 0 aromatic heterocycles. The lowest BCUT2D eigenvalue weighted by molar-refractivity contribution is -0.138. The standard InChI is InChI=1S/C7H11NO3/c1-2-11-6-4-3-5(8-6)7(9)10/h5H,2-4H2,1H3,(H,9,10). The van der Waals surface area contributed by atoms with Crippen molar-refractivity contribution in [1.29, 1.82) is 0 Å². The minimum atomic E-state index is -0.861. The van der Waals surface area contributed by atoms with E-state index >= 15 is 0 Å². The van der Waals surface area contributed by atoms with Crippen molar-refractivity contribution in [3.05, 3.63) is 0 Å². The van der Waals surface area contributed by atoms with E-state index in [1.165, 1.54) is 0 Å². The van der Waals surface area contributed by atoms with Crippen LogP contribution in [0.5, 0.6) is 0 Å². The van der Waals surface area contributed by atoms with Crippen LogP contribution in [0.2, 0.25) is 0 Å². The second-order valence-electron chi connectivity index (χ2n) is 2.35. The van der Waals surface area contributed by atoms with Gasteiger partial charge < -0.3 is 9.84 Å². The predicted octanol–water partition coefficient (Wildman–Crippen LogP) is 0.668. The first-order chi connectivity index (χ1) is 5.24. The maximum atomic E-state index is 10.4. The molecule has 0 saturated heterocycles. The fraction of sp³-hybridized carbons (Fsp3) is 0.714. The molecule has 0 aromatic rings. The van der Waals surface area contributed by atoms with Gasteiger partial charge in [0.2, 0.25) is 0 Å². The molecule has 1 heterocycles. The van der Waals surface area contributed by atoms with Crippen molar-refractivity contribution in [3.63, 3.8) is 0 Å². The zero-order valence-corrected chi connectivity index (χ0v) is 6.41. The highest BCUT2D eigenvalue weighted by atomic mass is 16.5. The first kappa shape index (κ1) is 8.04. The lowest BCUT2D eigenvalue weighted by atomic mass is 10.2. The Kier molecular flexibility index (Phi) is 2.46. The van der Waals surface area contributed by atoms with Crippen molar-refractivity contribution in [3.8, 4) is 0 Å². The fourth-order valence-electron chi connectivity index (χ4n) is 1.02. The van der Waals surface area contributed by atoms with Crippen molar-refractivity contribution >= 4 is 11.9 Å². The summed E-state index contributed by atoms with van der Waals surface area (Å²) in [7, 11) is 0. The van der Waals surface area contributed by atoms with Crippen LogP contribution in [0.25, 0.3) is 0 Å². The van der Waals surface area contributed by atoms with E-state index < -0.39 is 12.0 Å². The van der Waals surface area contributed by atoms with E-state index in [0.29, 0.717) is 25.3 Å². The van der Waals surface area contributed by atoms with E-state index in [1.54, 1.807) is 0 Å². The van der Waals surface area contributed by atoms with Gasteiger partial charge >= 0.3 is 5.97 Å². The molecule has 0 aromatic carbocycles. The van der Waals surface area contributed by atoms with Gasteiger partial charge in [-0.05, 0) is 13.3 Å². The van der Waals surface area contributed by atoms with Gasteiger partial charge in [-0.15, -0.1) is 0 Å². The van der Waals surface area contributed by atoms with Crippen LogP contribution in [-0.2, 0) is 9.53 Å². The summed E-state index contributed by atoms with van der Waals surface area (Å²) in [6.07, 6.45) is 1.23. The molecule has 0 aliphatic carbocycles. The van der Waals surface area contributed by atoms with E-state index in [1.807, 2.05) is 6.92 Å². The summed E-state index contributed by atoms with van der Waals surface area (Å²) in [5, 5.41) is 8.54. The van der Waals surface area contributed by atoms with Crippen LogP contribution in [0.4, 0.5) is 0 Å². The molecule has 1 unspecified atom stereocenters. The average molecular weight is 157 g/mol. The van der Waals surface area contributed by atoms with Gasteiger partial charge in [0, 0.05) is 6.42 Å². The van der Waals surface area contributed by atoms with Gasteiger partial charge in [-0.2, -0.15) is 0 Å². The molecular weight excluding hydrogens is 146 g/mol. The number of carboxylic acids is 1. The van der Waals surface area contributed by atoms with Crippen molar-refractivity contribution in [2.75, 3.05) is 6.61 Å². The Morgan fingerprint density at radius 2 is 2.64 bits per heavy atom. The highest BCUT2D eigenvalue weighted by molar-refractivity contribution is 5.85. The number of carbonyl (C=O) groups is 1. The van der Waals surface area contributed by atoms with Gasteiger partial charge in [0.25, 0.3) is 0 Å². The van der Waals surface area contributed by atoms with Gasteiger partial charge in [0.1, 0.15) is 0 Å². The lowest BCUT2D eigenvalue weighted by Crippen LogP contribution is -2.13. The molecule has 0 bridgehead atoms. The van der Waals surface area contributed by atoms with Crippen LogP contribution < -0.4 is 0 Å². The Balaban J connectivity index is 2.47. The van der Waals surface area contributed by atoms with Crippen molar-refractivity contribution in [1.82, 2.24) is 0 Å².